The van der Waals surface area contributed by atoms with Gasteiger partial charge in [0.1, 0.15) is 5.75 Å². The van der Waals surface area contributed by atoms with E-state index in [1.54, 1.807) is 17.0 Å². The molecule has 0 saturated carbocycles. The lowest BCUT2D eigenvalue weighted by Gasteiger charge is -2.18. The third-order valence-electron chi connectivity index (χ3n) is 4.95. The first-order valence-electron chi connectivity index (χ1n) is 9.66. The van der Waals surface area contributed by atoms with Crippen LogP contribution in [-0.4, -0.2) is 27.5 Å². The van der Waals surface area contributed by atoms with E-state index in [4.69, 9.17) is 4.74 Å². The Bertz CT molecular complexity index is 1220. The Morgan fingerprint density at radius 1 is 1.03 bits per heavy atom. The average molecular weight is 432 g/mol. The minimum absolute atomic E-state index is 0.222. The van der Waals surface area contributed by atoms with Crippen LogP contribution in [0.4, 0.5) is 24.8 Å². The zero-order valence-corrected chi connectivity index (χ0v) is 16.6. The highest BCUT2D eigenvalue weighted by Crippen LogP contribution is 2.30. The van der Waals surface area contributed by atoms with Gasteiger partial charge < -0.3 is 9.64 Å². The Morgan fingerprint density at radius 2 is 1.77 bits per heavy atom. The molecule has 0 spiro atoms. The zero-order chi connectivity index (χ0) is 22.2. The van der Waals surface area contributed by atoms with Gasteiger partial charge in [-0.25, -0.2) is 4.68 Å². The monoisotopic (exact) mass is 432 g/mol. The molecule has 1 aliphatic heterocycles. The Hall–Kier alpha value is -3.56. The van der Waals surface area contributed by atoms with E-state index >= 15 is 0 Å². The summed E-state index contributed by atoms with van der Waals surface area (Å²) in [5.41, 5.74) is -1.49. The highest BCUT2D eigenvalue weighted by atomic mass is 19.4. The van der Waals surface area contributed by atoms with Crippen molar-refractivity contribution in [3.8, 4) is 5.75 Å². The summed E-state index contributed by atoms with van der Waals surface area (Å²) in [7, 11) is 0. The van der Waals surface area contributed by atoms with Crippen LogP contribution in [0.25, 0.3) is 0 Å². The van der Waals surface area contributed by atoms with Crippen LogP contribution in [0, 0.1) is 0 Å². The summed E-state index contributed by atoms with van der Waals surface area (Å²) in [5.74, 6) is 0.964. The molecule has 0 radical (unpaired) electrons. The maximum Gasteiger partial charge on any atom is 0.416 e. The lowest BCUT2D eigenvalue weighted by Crippen LogP contribution is -2.42. The van der Waals surface area contributed by atoms with Crippen LogP contribution in [0.1, 0.15) is 18.1 Å². The van der Waals surface area contributed by atoms with E-state index in [-0.39, 0.29) is 24.6 Å². The van der Waals surface area contributed by atoms with Crippen molar-refractivity contribution in [2.24, 2.45) is 0 Å². The second-order valence-electron chi connectivity index (χ2n) is 7.00. The standard InChI is InChI=1S/C21H19F3N4O3/c1-2-31-17-8-6-16(7-9-17)26-10-11-27-18(29)19(30)28(25-20(26)27)13-14-4-3-5-15(12-14)21(22,23)24/h3-9,12H,2,10-11,13H2,1H3. The molecule has 1 aromatic heterocycles. The summed E-state index contributed by atoms with van der Waals surface area (Å²) >= 11 is 0. The van der Waals surface area contributed by atoms with Crippen LogP contribution >= 0.6 is 0 Å². The van der Waals surface area contributed by atoms with Crippen molar-refractivity contribution < 1.29 is 17.9 Å². The van der Waals surface area contributed by atoms with Gasteiger partial charge in [0.15, 0.2) is 0 Å². The summed E-state index contributed by atoms with van der Waals surface area (Å²) in [5, 5.41) is 4.30. The van der Waals surface area contributed by atoms with E-state index in [2.05, 4.69) is 5.10 Å². The van der Waals surface area contributed by atoms with E-state index in [0.717, 1.165) is 22.5 Å². The molecule has 10 heteroatoms. The van der Waals surface area contributed by atoms with E-state index in [9.17, 15) is 22.8 Å². The van der Waals surface area contributed by atoms with Gasteiger partial charge in [0.2, 0.25) is 5.95 Å². The Morgan fingerprint density at radius 3 is 2.45 bits per heavy atom. The van der Waals surface area contributed by atoms with Gasteiger partial charge >= 0.3 is 17.3 Å². The van der Waals surface area contributed by atoms with Crippen molar-refractivity contribution in [3.05, 3.63) is 80.4 Å². The molecule has 3 aromatic rings. The third-order valence-corrected chi connectivity index (χ3v) is 4.95. The first-order chi connectivity index (χ1) is 14.8. The predicted octanol–water partition coefficient (Wildman–Crippen LogP) is 3.02. The summed E-state index contributed by atoms with van der Waals surface area (Å²) < 4.78 is 46.6. The number of aromatic nitrogens is 3. The van der Waals surface area contributed by atoms with Gasteiger partial charge in [0.05, 0.1) is 18.7 Å². The number of rotatable bonds is 5. The first kappa shape index (κ1) is 20.7. The maximum atomic E-state index is 13.0. The number of fused-ring (bicyclic) bond motifs is 1. The lowest BCUT2D eigenvalue weighted by atomic mass is 10.1. The topological polar surface area (TPSA) is 69.4 Å². The SMILES string of the molecule is CCOc1ccc(N2CCn3c2nn(Cc2cccc(C(F)(F)F)c2)c(=O)c3=O)cc1. The van der Waals surface area contributed by atoms with E-state index in [0.29, 0.717) is 18.9 Å². The Labute approximate surface area is 174 Å². The van der Waals surface area contributed by atoms with Crippen LogP contribution in [0.2, 0.25) is 0 Å². The van der Waals surface area contributed by atoms with Crippen LogP contribution < -0.4 is 20.8 Å². The highest BCUT2D eigenvalue weighted by molar-refractivity contribution is 5.59. The van der Waals surface area contributed by atoms with Crippen molar-refractivity contribution in [2.45, 2.75) is 26.2 Å². The Kier molecular flexibility index (Phi) is 5.30. The molecule has 0 unspecified atom stereocenters. The molecule has 7 nitrogen and oxygen atoms in total. The second kappa shape index (κ2) is 7.93. The minimum atomic E-state index is -4.50. The number of benzene rings is 2. The predicted molar refractivity (Wildman–Crippen MR) is 108 cm³/mol. The van der Waals surface area contributed by atoms with E-state index in [1.807, 2.05) is 19.1 Å². The summed E-state index contributed by atoms with van der Waals surface area (Å²) in [6.45, 7) is 2.88. The van der Waals surface area contributed by atoms with E-state index < -0.39 is 22.9 Å². The normalized spacial score (nSPS) is 13.4. The molecule has 0 bridgehead atoms. The lowest BCUT2D eigenvalue weighted by molar-refractivity contribution is -0.137. The Balaban J connectivity index is 1.70. The van der Waals surface area contributed by atoms with Gasteiger partial charge in [-0.3, -0.25) is 14.2 Å². The van der Waals surface area contributed by atoms with Gasteiger partial charge in [0.25, 0.3) is 0 Å². The quantitative estimate of drug-likeness (QED) is 0.580. The molecule has 1 aliphatic rings. The number of halogens is 3. The molecule has 0 fully saturated rings. The first-order valence-corrected chi connectivity index (χ1v) is 9.66. The van der Waals surface area contributed by atoms with Crippen molar-refractivity contribution in [2.75, 3.05) is 18.1 Å². The highest BCUT2D eigenvalue weighted by Gasteiger charge is 2.30. The van der Waals surface area contributed by atoms with Gasteiger partial charge in [-0.2, -0.15) is 13.2 Å². The van der Waals surface area contributed by atoms with E-state index in [1.165, 1.54) is 16.7 Å². The smallest absolute Gasteiger partial charge is 0.416 e. The molecule has 0 N–H and O–H groups in total. The van der Waals surface area contributed by atoms with Gasteiger partial charge in [-0.1, -0.05) is 12.1 Å². The number of nitrogens with zero attached hydrogens (tertiary/aromatic N) is 4. The number of hydrogen-bond donors (Lipinski definition) is 0. The molecule has 31 heavy (non-hydrogen) atoms. The van der Waals surface area contributed by atoms with Crippen molar-refractivity contribution in [1.29, 1.82) is 0 Å². The molecular formula is C21H19F3N4O3. The fourth-order valence-corrected chi connectivity index (χ4v) is 3.48. The fourth-order valence-electron chi connectivity index (χ4n) is 3.48. The largest absolute Gasteiger partial charge is 0.494 e. The molecule has 0 aliphatic carbocycles. The van der Waals surface area contributed by atoms with Crippen molar-refractivity contribution in [3.63, 3.8) is 0 Å². The third kappa shape index (κ3) is 4.05. The maximum absolute atomic E-state index is 13.0. The molecule has 2 aromatic carbocycles. The summed E-state index contributed by atoms with van der Waals surface area (Å²) in [4.78, 5) is 26.8. The average Bonchev–Trinajstić information content (AvgIpc) is 3.16. The van der Waals surface area contributed by atoms with Crippen LogP contribution in [-0.2, 0) is 19.3 Å². The molecule has 2 heterocycles. The van der Waals surface area contributed by atoms with Gasteiger partial charge in [0, 0.05) is 18.8 Å². The minimum Gasteiger partial charge on any atom is -0.494 e. The number of anilines is 2. The zero-order valence-electron chi connectivity index (χ0n) is 16.6. The molecule has 0 atom stereocenters. The van der Waals surface area contributed by atoms with Crippen molar-refractivity contribution in [1.82, 2.24) is 14.3 Å². The molecule has 162 valence electrons. The number of ether oxygens (including phenoxy) is 1. The van der Waals surface area contributed by atoms with Crippen LogP contribution in [0.5, 0.6) is 5.75 Å². The molecule has 0 amide bonds. The van der Waals surface area contributed by atoms with Crippen LogP contribution in [0.15, 0.2) is 58.1 Å². The molecule has 4 rings (SSSR count). The molecular weight excluding hydrogens is 413 g/mol. The van der Waals surface area contributed by atoms with Crippen LogP contribution in [0.3, 0.4) is 0 Å². The molecule has 0 saturated heterocycles. The number of alkyl halides is 3. The summed E-state index contributed by atoms with van der Waals surface area (Å²) in [6.07, 6.45) is -4.50. The van der Waals surface area contributed by atoms with Gasteiger partial charge in [-0.15, -0.1) is 5.10 Å². The number of hydrogen-bond acceptors (Lipinski definition) is 5. The van der Waals surface area contributed by atoms with Gasteiger partial charge in [-0.05, 0) is 48.9 Å². The second-order valence-corrected chi connectivity index (χ2v) is 7.00. The fraction of sp³-hybridized carbons (Fsp3) is 0.286. The van der Waals surface area contributed by atoms with Crippen molar-refractivity contribution >= 4 is 11.6 Å². The summed E-state index contributed by atoms with van der Waals surface area (Å²) in [6, 6.07) is 11.8.